The van der Waals surface area contributed by atoms with Gasteiger partial charge in [-0.25, -0.2) is 0 Å². The van der Waals surface area contributed by atoms with Crippen LogP contribution in [0, 0.1) is 0 Å². The standard InChI is InChI=1S/C14H16O/c1-5-8-12(4)14(15)11-10-13(7-3)9-6-2/h5-11H,2-4H2,1H3/b8-5-,11-10+,13-9+. The lowest BCUT2D eigenvalue weighted by Gasteiger charge is -1.93. The maximum atomic E-state index is 11.4. The minimum atomic E-state index is -0.107. The summed E-state index contributed by atoms with van der Waals surface area (Å²) in [4.78, 5) is 11.4. The molecule has 0 saturated heterocycles. The minimum Gasteiger partial charge on any atom is -0.289 e. The number of carbonyl (C=O) groups is 1. The van der Waals surface area contributed by atoms with Crippen molar-refractivity contribution in [3.05, 3.63) is 73.4 Å². The molecule has 0 aromatic carbocycles. The quantitative estimate of drug-likeness (QED) is 0.473. The summed E-state index contributed by atoms with van der Waals surface area (Å²) < 4.78 is 0. The molecule has 0 saturated carbocycles. The number of hydrogen-bond acceptors (Lipinski definition) is 1. The van der Waals surface area contributed by atoms with Gasteiger partial charge in [0.05, 0.1) is 0 Å². The van der Waals surface area contributed by atoms with E-state index in [0.29, 0.717) is 5.57 Å². The first-order valence-corrected chi connectivity index (χ1v) is 4.64. The summed E-state index contributed by atoms with van der Waals surface area (Å²) in [6.07, 6.45) is 11.7. The van der Waals surface area contributed by atoms with E-state index >= 15 is 0 Å². The van der Waals surface area contributed by atoms with Crippen LogP contribution >= 0.6 is 0 Å². The molecule has 0 aromatic heterocycles. The third-order valence-electron chi connectivity index (χ3n) is 1.66. The molecule has 0 aliphatic heterocycles. The van der Waals surface area contributed by atoms with Crippen LogP contribution in [0.15, 0.2) is 73.4 Å². The van der Waals surface area contributed by atoms with Crippen LogP contribution in [0.3, 0.4) is 0 Å². The lowest BCUT2D eigenvalue weighted by Crippen LogP contribution is -1.93. The highest BCUT2D eigenvalue weighted by molar-refractivity contribution is 6.05. The Morgan fingerprint density at radius 3 is 2.27 bits per heavy atom. The van der Waals surface area contributed by atoms with Crippen LogP contribution in [-0.4, -0.2) is 5.78 Å². The summed E-state index contributed by atoms with van der Waals surface area (Å²) >= 11 is 0. The lowest BCUT2D eigenvalue weighted by molar-refractivity contribution is -0.111. The van der Waals surface area contributed by atoms with Gasteiger partial charge in [0.1, 0.15) is 0 Å². The Balaban J connectivity index is 4.59. The average molecular weight is 200 g/mol. The second-order valence-corrected chi connectivity index (χ2v) is 2.83. The van der Waals surface area contributed by atoms with E-state index in [1.54, 1.807) is 36.5 Å². The van der Waals surface area contributed by atoms with Crippen LogP contribution in [0.5, 0.6) is 0 Å². The third-order valence-corrected chi connectivity index (χ3v) is 1.66. The van der Waals surface area contributed by atoms with Gasteiger partial charge in [0, 0.05) is 5.57 Å². The van der Waals surface area contributed by atoms with E-state index in [-0.39, 0.29) is 5.78 Å². The van der Waals surface area contributed by atoms with E-state index in [1.807, 2.05) is 6.92 Å². The SMILES string of the molecule is C=C/C=C(C=C)/C=C/C(=O)C(=C)/C=C\C. The number of rotatable bonds is 6. The Morgan fingerprint density at radius 1 is 1.13 bits per heavy atom. The Hall–Kier alpha value is -1.89. The molecule has 0 atom stereocenters. The van der Waals surface area contributed by atoms with Crippen molar-refractivity contribution in [2.45, 2.75) is 6.92 Å². The van der Waals surface area contributed by atoms with E-state index < -0.39 is 0 Å². The molecule has 0 radical (unpaired) electrons. The summed E-state index contributed by atoms with van der Waals surface area (Å²) in [6.45, 7) is 12.7. The first kappa shape index (κ1) is 13.1. The van der Waals surface area contributed by atoms with Crippen molar-refractivity contribution in [1.29, 1.82) is 0 Å². The predicted molar refractivity (Wildman–Crippen MR) is 66.6 cm³/mol. The maximum Gasteiger partial charge on any atom is 0.185 e. The van der Waals surface area contributed by atoms with E-state index in [4.69, 9.17) is 0 Å². The van der Waals surface area contributed by atoms with Gasteiger partial charge in [-0.2, -0.15) is 0 Å². The topological polar surface area (TPSA) is 17.1 Å². The summed E-state index contributed by atoms with van der Waals surface area (Å²) in [7, 11) is 0. The first-order valence-electron chi connectivity index (χ1n) is 4.64. The summed E-state index contributed by atoms with van der Waals surface area (Å²) in [6, 6.07) is 0. The first-order chi connectivity index (χ1) is 7.15. The molecule has 0 amide bonds. The van der Waals surface area contributed by atoms with E-state index in [2.05, 4.69) is 19.7 Å². The lowest BCUT2D eigenvalue weighted by atomic mass is 10.1. The number of hydrogen-bond donors (Lipinski definition) is 0. The highest BCUT2D eigenvalue weighted by Crippen LogP contribution is 2.02. The normalized spacial score (nSPS) is 11.9. The molecular weight excluding hydrogens is 184 g/mol. The number of carbonyl (C=O) groups excluding carboxylic acids is 1. The van der Waals surface area contributed by atoms with Gasteiger partial charge in [-0.05, 0) is 18.6 Å². The van der Waals surface area contributed by atoms with Crippen molar-refractivity contribution in [3.63, 3.8) is 0 Å². The van der Waals surface area contributed by atoms with Crippen molar-refractivity contribution < 1.29 is 4.79 Å². The highest BCUT2D eigenvalue weighted by Gasteiger charge is 1.97. The van der Waals surface area contributed by atoms with Gasteiger partial charge in [0.25, 0.3) is 0 Å². The van der Waals surface area contributed by atoms with E-state index in [9.17, 15) is 4.79 Å². The molecule has 0 heterocycles. The van der Waals surface area contributed by atoms with Crippen LogP contribution in [0.4, 0.5) is 0 Å². The number of ketones is 1. The molecule has 0 aromatic rings. The van der Waals surface area contributed by atoms with Gasteiger partial charge >= 0.3 is 0 Å². The molecule has 0 unspecified atom stereocenters. The highest BCUT2D eigenvalue weighted by atomic mass is 16.1. The van der Waals surface area contributed by atoms with Crippen molar-refractivity contribution in [3.8, 4) is 0 Å². The Labute approximate surface area is 91.5 Å². The van der Waals surface area contributed by atoms with Crippen LogP contribution < -0.4 is 0 Å². The molecular formula is C14H16O. The summed E-state index contributed by atoms with van der Waals surface area (Å²) in [5, 5.41) is 0. The zero-order valence-electron chi connectivity index (χ0n) is 9.07. The predicted octanol–water partition coefficient (Wildman–Crippen LogP) is 3.54. The maximum absolute atomic E-state index is 11.4. The zero-order chi connectivity index (χ0) is 11.7. The fourth-order valence-corrected chi connectivity index (χ4v) is 0.890. The number of allylic oxidation sites excluding steroid dienone is 9. The monoisotopic (exact) mass is 200 g/mol. The van der Waals surface area contributed by atoms with Crippen molar-refractivity contribution in [2.75, 3.05) is 0 Å². The molecule has 0 fully saturated rings. The van der Waals surface area contributed by atoms with Crippen molar-refractivity contribution in [2.24, 2.45) is 0 Å². The van der Waals surface area contributed by atoms with Gasteiger partial charge in [0.2, 0.25) is 0 Å². The van der Waals surface area contributed by atoms with Gasteiger partial charge in [-0.1, -0.05) is 56.2 Å². The average Bonchev–Trinajstić information content (AvgIpc) is 2.24. The molecule has 0 aliphatic rings. The molecule has 0 N–H and O–H groups in total. The molecule has 78 valence electrons. The smallest absolute Gasteiger partial charge is 0.185 e. The van der Waals surface area contributed by atoms with Gasteiger partial charge in [-0.15, -0.1) is 0 Å². The largest absolute Gasteiger partial charge is 0.289 e. The van der Waals surface area contributed by atoms with E-state index in [0.717, 1.165) is 5.57 Å². The second kappa shape index (κ2) is 7.51. The fraction of sp³-hybridized carbons (Fsp3) is 0.0714. The Morgan fingerprint density at radius 2 is 1.80 bits per heavy atom. The van der Waals surface area contributed by atoms with Crippen LogP contribution in [0.25, 0.3) is 0 Å². The molecule has 15 heavy (non-hydrogen) atoms. The molecule has 1 heteroatoms. The second-order valence-electron chi connectivity index (χ2n) is 2.83. The van der Waals surface area contributed by atoms with Crippen LogP contribution in [-0.2, 0) is 4.79 Å². The van der Waals surface area contributed by atoms with Gasteiger partial charge < -0.3 is 0 Å². The molecule has 0 bridgehead atoms. The van der Waals surface area contributed by atoms with E-state index in [1.165, 1.54) is 6.08 Å². The van der Waals surface area contributed by atoms with Gasteiger partial charge in [-0.3, -0.25) is 4.79 Å². The summed E-state index contributed by atoms with van der Waals surface area (Å²) in [5.41, 5.74) is 1.31. The Kier molecular flexibility index (Phi) is 6.56. The van der Waals surface area contributed by atoms with Crippen molar-refractivity contribution in [1.82, 2.24) is 0 Å². The molecule has 0 aliphatic carbocycles. The summed E-state index contributed by atoms with van der Waals surface area (Å²) in [5.74, 6) is -0.107. The van der Waals surface area contributed by atoms with Crippen molar-refractivity contribution >= 4 is 5.78 Å². The fourth-order valence-electron chi connectivity index (χ4n) is 0.890. The molecule has 0 rings (SSSR count). The minimum absolute atomic E-state index is 0.107. The molecule has 0 spiro atoms. The van der Waals surface area contributed by atoms with Crippen LogP contribution in [0.2, 0.25) is 0 Å². The third kappa shape index (κ3) is 5.42. The zero-order valence-corrected chi connectivity index (χ0v) is 9.07. The van der Waals surface area contributed by atoms with Gasteiger partial charge in [0.15, 0.2) is 5.78 Å². The molecule has 1 nitrogen and oxygen atoms in total. The Bertz CT molecular complexity index is 352. The van der Waals surface area contributed by atoms with Crippen LogP contribution in [0.1, 0.15) is 6.92 Å².